The second kappa shape index (κ2) is 8.75. The molecule has 0 saturated heterocycles. The van der Waals surface area contributed by atoms with Gasteiger partial charge < -0.3 is 15.4 Å². The lowest BCUT2D eigenvalue weighted by Crippen LogP contribution is -2.07. The maximum atomic E-state index is 12.9. The Labute approximate surface area is 156 Å². The molecule has 6 nitrogen and oxygen atoms in total. The van der Waals surface area contributed by atoms with E-state index in [2.05, 4.69) is 25.3 Å². The van der Waals surface area contributed by atoms with E-state index in [4.69, 9.17) is 0 Å². The number of hydrogen-bond acceptors (Lipinski definition) is 6. The Morgan fingerprint density at radius 2 is 1.74 bits per heavy atom. The molecule has 0 aliphatic rings. The molecule has 7 heteroatoms. The molecule has 138 valence electrons. The fraction of sp³-hybridized carbons (Fsp3) is 0.150. The molecule has 3 aromatic rings. The summed E-state index contributed by atoms with van der Waals surface area (Å²) in [6, 6.07) is 15.1. The lowest BCUT2D eigenvalue weighted by atomic mass is 10.1. The maximum absolute atomic E-state index is 12.9. The highest BCUT2D eigenvalue weighted by molar-refractivity contribution is 5.89. The lowest BCUT2D eigenvalue weighted by Gasteiger charge is -2.09. The van der Waals surface area contributed by atoms with Gasteiger partial charge in [0.2, 0.25) is 0 Å². The van der Waals surface area contributed by atoms with Crippen molar-refractivity contribution in [3.63, 3.8) is 0 Å². The number of carbonyl (C=O) groups excluding carboxylic acids is 1. The van der Waals surface area contributed by atoms with Crippen LogP contribution in [0.4, 0.5) is 21.7 Å². The fourth-order valence-electron chi connectivity index (χ4n) is 2.46. The van der Waals surface area contributed by atoms with Gasteiger partial charge in [0.25, 0.3) is 0 Å². The normalized spacial score (nSPS) is 10.3. The minimum absolute atomic E-state index is 0.238. The minimum Gasteiger partial charge on any atom is -0.465 e. The molecule has 0 unspecified atom stereocenters. The van der Waals surface area contributed by atoms with Crippen LogP contribution in [-0.4, -0.2) is 29.6 Å². The highest BCUT2D eigenvalue weighted by atomic mass is 19.1. The van der Waals surface area contributed by atoms with Gasteiger partial charge in [-0.25, -0.2) is 19.2 Å². The van der Waals surface area contributed by atoms with Gasteiger partial charge in [0, 0.05) is 18.3 Å². The van der Waals surface area contributed by atoms with Gasteiger partial charge in [-0.1, -0.05) is 12.1 Å². The second-order valence-electron chi connectivity index (χ2n) is 5.79. The standard InChI is InChI=1S/C20H19FN4O2/c1-27-20(26)15-4-8-17(9-5-15)25-19-12-18(23-13-24-19)22-11-10-14-2-6-16(21)7-3-14/h2-9,12-13H,10-11H2,1H3,(H2,22,23,24,25). The zero-order valence-electron chi connectivity index (χ0n) is 14.8. The number of halogens is 1. The predicted molar refractivity (Wildman–Crippen MR) is 102 cm³/mol. The first-order valence-electron chi connectivity index (χ1n) is 8.40. The molecule has 0 aliphatic heterocycles. The molecule has 0 radical (unpaired) electrons. The molecule has 3 rings (SSSR count). The van der Waals surface area contributed by atoms with Gasteiger partial charge in [0.05, 0.1) is 12.7 Å². The summed E-state index contributed by atoms with van der Waals surface area (Å²) in [7, 11) is 1.35. The number of hydrogen-bond donors (Lipinski definition) is 2. The molecule has 0 aliphatic carbocycles. The Morgan fingerprint density at radius 1 is 1.04 bits per heavy atom. The van der Waals surface area contributed by atoms with Gasteiger partial charge in [-0.15, -0.1) is 0 Å². The molecule has 1 heterocycles. The van der Waals surface area contributed by atoms with E-state index < -0.39 is 0 Å². The number of nitrogens with zero attached hydrogens (tertiary/aromatic N) is 2. The van der Waals surface area contributed by atoms with Gasteiger partial charge in [-0.05, 0) is 48.4 Å². The number of rotatable bonds is 7. The van der Waals surface area contributed by atoms with Crippen LogP contribution in [0.2, 0.25) is 0 Å². The highest BCUT2D eigenvalue weighted by Crippen LogP contribution is 2.17. The van der Waals surface area contributed by atoms with Crippen molar-refractivity contribution in [2.24, 2.45) is 0 Å². The number of carbonyl (C=O) groups is 1. The Bertz CT molecular complexity index is 899. The number of esters is 1. The zero-order valence-corrected chi connectivity index (χ0v) is 14.8. The molecule has 0 amide bonds. The van der Waals surface area contributed by atoms with Crippen LogP contribution in [0.25, 0.3) is 0 Å². The molecule has 0 fully saturated rings. The predicted octanol–water partition coefficient (Wildman–Crippen LogP) is 3.80. The number of aromatic nitrogens is 2. The Hall–Kier alpha value is -3.48. The van der Waals surface area contributed by atoms with Crippen molar-refractivity contribution < 1.29 is 13.9 Å². The van der Waals surface area contributed by atoms with Gasteiger partial charge in [-0.3, -0.25) is 0 Å². The third-order valence-corrected chi connectivity index (χ3v) is 3.88. The van der Waals surface area contributed by atoms with Crippen LogP contribution in [0.3, 0.4) is 0 Å². The summed E-state index contributed by atoms with van der Waals surface area (Å²) in [5.74, 6) is 0.690. The van der Waals surface area contributed by atoms with Crippen molar-refractivity contribution in [3.8, 4) is 0 Å². The summed E-state index contributed by atoms with van der Waals surface area (Å²) < 4.78 is 17.6. The zero-order chi connectivity index (χ0) is 19.1. The number of benzene rings is 2. The van der Waals surface area contributed by atoms with Crippen LogP contribution in [-0.2, 0) is 11.2 Å². The van der Waals surface area contributed by atoms with E-state index in [1.165, 1.54) is 25.6 Å². The molecular weight excluding hydrogens is 347 g/mol. The van der Waals surface area contributed by atoms with Crippen LogP contribution >= 0.6 is 0 Å². The fourth-order valence-corrected chi connectivity index (χ4v) is 2.46. The molecule has 0 saturated carbocycles. The molecular formula is C20H19FN4O2. The number of methoxy groups -OCH3 is 1. The third-order valence-electron chi connectivity index (χ3n) is 3.88. The van der Waals surface area contributed by atoms with Crippen LogP contribution in [0.1, 0.15) is 15.9 Å². The van der Waals surface area contributed by atoms with Crippen molar-refractivity contribution in [1.29, 1.82) is 0 Å². The van der Waals surface area contributed by atoms with Crippen LogP contribution in [0.15, 0.2) is 60.9 Å². The quantitative estimate of drug-likeness (QED) is 0.620. The van der Waals surface area contributed by atoms with Gasteiger partial charge in [0.15, 0.2) is 0 Å². The van der Waals surface area contributed by atoms with Crippen LogP contribution in [0.5, 0.6) is 0 Å². The van der Waals surface area contributed by atoms with Gasteiger partial charge in [0.1, 0.15) is 23.8 Å². The van der Waals surface area contributed by atoms with Crippen molar-refractivity contribution >= 4 is 23.3 Å². The molecule has 1 aromatic heterocycles. The first-order chi connectivity index (χ1) is 13.1. The first-order valence-corrected chi connectivity index (χ1v) is 8.40. The van der Waals surface area contributed by atoms with E-state index in [0.29, 0.717) is 23.7 Å². The summed E-state index contributed by atoms with van der Waals surface area (Å²) in [5, 5.41) is 6.38. The van der Waals surface area contributed by atoms with E-state index >= 15 is 0 Å². The average molecular weight is 366 g/mol. The highest BCUT2D eigenvalue weighted by Gasteiger charge is 2.05. The number of anilines is 3. The monoisotopic (exact) mass is 366 g/mol. The number of nitrogens with one attached hydrogen (secondary N) is 2. The van der Waals surface area contributed by atoms with Crippen LogP contribution in [0, 0.1) is 5.82 Å². The van der Waals surface area contributed by atoms with Gasteiger partial charge >= 0.3 is 5.97 Å². The molecule has 2 aromatic carbocycles. The minimum atomic E-state index is -0.378. The van der Waals surface area contributed by atoms with Crippen molar-refractivity contribution in [3.05, 3.63) is 77.9 Å². The molecule has 27 heavy (non-hydrogen) atoms. The summed E-state index contributed by atoms with van der Waals surface area (Å²) in [5.41, 5.74) is 2.31. The van der Waals surface area contributed by atoms with Gasteiger partial charge in [-0.2, -0.15) is 0 Å². The van der Waals surface area contributed by atoms with Crippen molar-refractivity contribution in [2.45, 2.75) is 6.42 Å². The maximum Gasteiger partial charge on any atom is 0.337 e. The summed E-state index contributed by atoms with van der Waals surface area (Å²) in [4.78, 5) is 19.8. The summed E-state index contributed by atoms with van der Waals surface area (Å²) >= 11 is 0. The average Bonchev–Trinajstić information content (AvgIpc) is 2.70. The molecule has 0 spiro atoms. The molecule has 0 atom stereocenters. The SMILES string of the molecule is COC(=O)c1ccc(Nc2cc(NCCc3ccc(F)cc3)ncn2)cc1. The first kappa shape index (κ1) is 18.3. The molecule has 2 N–H and O–H groups in total. The van der Waals surface area contributed by atoms with Crippen molar-refractivity contribution in [1.82, 2.24) is 9.97 Å². The molecule has 0 bridgehead atoms. The van der Waals surface area contributed by atoms with Crippen LogP contribution < -0.4 is 10.6 Å². The van der Waals surface area contributed by atoms with E-state index in [1.54, 1.807) is 42.5 Å². The van der Waals surface area contributed by atoms with E-state index in [-0.39, 0.29) is 11.8 Å². The van der Waals surface area contributed by atoms with E-state index in [1.807, 2.05) is 0 Å². The number of ether oxygens (including phenoxy) is 1. The largest absolute Gasteiger partial charge is 0.465 e. The van der Waals surface area contributed by atoms with Crippen molar-refractivity contribution in [2.75, 3.05) is 24.3 Å². The topological polar surface area (TPSA) is 76.1 Å². The summed E-state index contributed by atoms with van der Waals surface area (Å²) in [6.07, 6.45) is 2.22. The smallest absolute Gasteiger partial charge is 0.337 e. The second-order valence-corrected chi connectivity index (χ2v) is 5.79. The Morgan fingerprint density at radius 3 is 2.44 bits per heavy atom. The van der Waals surface area contributed by atoms with E-state index in [9.17, 15) is 9.18 Å². The van der Waals surface area contributed by atoms with E-state index in [0.717, 1.165) is 17.7 Å². The Kier molecular flexibility index (Phi) is 5.94. The lowest BCUT2D eigenvalue weighted by molar-refractivity contribution is 0.0601. The summed E-state index contributed by atoms with van der Waals surface area (Å²) in [6.45, 7) is 0.663. The third kappa shape index (κ3) is 5.24. The Balaban J connectivity index is 1.56.